The summed E-state index contributed by atoms with van der Waals surface area (Å²) in [4.78, 5) is 14.3. The fourth-order valence-electron chi connectivity index (χ4n) is 2.82. The lowest BCUT2D eigenvalue weighted by molar-refractivity contribution is 0.145. The summed E-state index contributed by atoms with van der Waals surface area (Å²) in [5.74, 6) is 0.138. The van der Waals surface area contributed by atoms with Crippen LogP contribution in [0.4, 0.5) is 0 Å². The molecule has 3 atom stereocenters. The molecule has 2 aliphatic rings. The van der Waals surface area contributed by atoms with E-state index < -0.39 is 22.0 Å². The first kappa shape index (κ1) is 15.0. The number of rotatable bonds is 2. The summed E-state index contributed by atoms with van der Waals surface area (Å²) in [5.41, 5.74) is 5.25. The Bertz CT molecular complexity index is 812. The Kier molecular flexibility index (Phi) is 3.60. The number of ether oxygens (including phenoxy) is 1. The molecule has 10 heteroatoms. The summed E-state index contributed by atoms with van der Waals surface area (Å²) in [6, 6.07) is 1.85. The maximum atomic E-state index is 12.3. The summed E-state index contributed by atoms with van der Waals surface area (Å²) in [6.45, 7) is 0.451. The highest BCUT2D eigenvalue weighted by molar-refractivity contribution is 7.84. The molecule has 0 amide bonds. The molecule has 0 spiro atoms. The summed E-state index contributed by atoms with van der Waals surface area (Å²) in [6.07, 6.45) is 5.49. The van der Waals surface area contributed by atoms with Gasteiger partial charge in [0.25, 0.3) is 0 Å². The van der Waals surface area contributed by atoms with Gasteiger partial charge in [-0.1, -0.05) is 11.6 Å². The number of guanidine groups is 1. The van der Waals surface area contributed by atoms with Crippen molar-refractivity contribution in [2.24, 2.45) is 10.7 Å². The van der Waals surface area contributed by atoms with Crippen molar-refractivity contribution >= 4 is 39.9 Å². The van der Waals surface area contributed by atoms with E-state index in [9.17, 15) is 4.21 Å². The van der Waals surface area contributed by atoms with E-state index in [0.717, 1.165) is 15.3 Å². The van der Waals surface area contributed by atoms with Crippen LogP contribution in [-0.4, -0.2) is 32.2 Å². The first-order valence-electron chi connectivity index (χ1n) is 6.79. The maximum absolute atomic E-state index is 12.3. The number of fused-ring (bicyclic) bond motifs is 1. The Morgan fingerprint density at radius 1 is 1.48 bits per heavy atom. The second-order valence-corrected chi connectivity index (χ2v) is 7.87. The van der Waals surface area contributed by atoms with Crippen molar-refractivity contribution < 1.29 is 8.95 Å². The number of nitrogens with two attached hydrogens (primary N) is 1. The molecule has 120 valence electrons. The molecule has 3 N–H and O–H groups in total. The second-order valence-electron chi connectivity index (χ2n) is 5.19. The van der Waals surface area contributed by atoms with Crippen molar-refractivity contribution in [3.8, 4) is 10.4 Å². The summed E-state index contributed by atoms with van der Waals surface area (Å²) in [7, 11) is -1.46. The molecular weight excluding hydrogens is 358 g/mol. The van der Waals surface area contributed by atoms with Crippen LogP contribution in [0.5, 0.6) is 0 Å². The molecule has 1 saturated heterocycles. The van der Waals surface area contributed by atoms with Crippen molar-refractivity contribution in [3.05, 3.63) is 34.7 Å². The van der Waals surface area contributed by atoms with Gasteiger partial charge in [0.05, 0.1) is 16.5 Å². The van der Waals surface area contributed by atoms with Crippen molar-refractivity contribution in [2.45, 2.75) is 17.4 Å². The van der Waals surface area contributed by atoms with E-state index in [1.54, 1.807) is 12.4 Å². The molecule has 4 rings (SSSR count). The van der Waals surface area contributed by atoms with Crippen molar-refractivity contribution in [1.29, 1.82) is 0 Å². The van der Waals surface area contributed by atoms with Crippen LogP contribution < -0.4 is 10.5 Å². The summed E-state index contributed by atoms with van der Waals surface area (Å²) >= 11 is 7.94. The van der Waals surface area contributed by atoms with Gasteiger partial charge in [-0.05, 0) is 6.07 Å². The maximum Gasteiger partial charge on any atom is 0.201 e. The normalized spacial score (nSPS) is 29.7. The van der Waals surface area contributed by atoms with Crippen LogP contribution in [-0.2, 0) is 21.3 Å². The minimum absolute atomic E-state index is 0.138. The third-order valence-electron chi connectivity index (χ3n) is 3.79. The molecule has 2 aromatic heterocycles. The van der Waals surface area contributed by atoms with Gasteiger partial charge in [0.2, 0.25) is 5.96 Å². The molecule has 2 aromatic rings. The van der Waals surface area contributed by atoms with Crippen molar-refractivity contribution in [1.82, 2.24) is 14.7 Å². The highest BCUT2D eigenvalue weighted by Crippen LogP contribution is 2.50. The zero-order valence-corrected chi connectivity index (χ0v) is 14.1. The number of halogens is 1. The molecule has 2 unspecified atom stereocenters. The third-order valence-corrected chi connectivity index (χ3v) is 6.87. The van der Waals surface area contributed by atoms with Gasteiger partial charge in [-0.15, -0.1) is 11.3 Å². The minimum atomic E-state index is -1.46. The second kappa shape index (κ2) is 5.52. The molecule has 7 nitrogen and oxygen atoms in total. The lowest BCUT2D eigenvalue weighted by atomic mass is 9.97. The van der Waals surface area contributed by atoms with Gasteiger partial charge < -0.3 is 10.5 Å². The monoisotopic (exact) mass is 369 g/mol. The number of aromatic nitrogens is 2. The van der Waals surface area contributed by atoms with Crippen LogP contribution >= 0.6 is 22.9 Å². The average Bonchev–Trinajstić information content (AvgIpc) is 3.12. The number of aliphatic imine (C=N–C) groups is 1. The number of hydrogen-bond acceptors (Lipinski definition) is 7. The Labute approximate surface area is 143 Å². The van der Waals surface area contributed by atoms with Crippen molar-refractivity contribution in [3.63, 3.8) is 0 Å². The summed E-state index contributed by atoms with van der Waals surface area (Å²) in [5, 5.41) is 0.555. The average molecular weight is 370 g/mol. The zero-order chi connectivity index (χ0) is 16.0. The van der Waals surface area contributed by atoms with Gasteiger partial charge in [0.1, 0.15) is 11.9 Å². The van der Waals surface area contributed by atoms with Gasteiger partial charge in [0.15, 0.2) is 16.4 Å². The van der Waals surface area contributed by atoms with E-state index in [2.05, 4.69) is 19.7 Å². The molecule has 2 aliphatic heterocycles. The lowest BCUT2D eigenvalue weighted by Gasteiger charge is -2.33. The zero-order valence-electron chi connectivity index (χ0n) is 11.7. The van der Waals surface area contributed by atoms with Crippen LogP contribution in [0.1, 0.15) is 11.3 Å². The van der Waals surface area contributed by atoms with Gasteiger partial charge in [-0.3, -0.25) is 4.72 Å². The van der Waals surface area contributed by atoms with Crippen LogP contribution in [0.3, 0.4) is 0 Å². The molecule has 0 aliphatic carbocycles. The highest BCUT2D eigenvalue weighted by Gasteiger charge is 2.53. The van der Waals surface area contributed by atoms with E-state index in [1.807, 2.05) is 6.07 Å². The Morgan fingerprint density at radius 2 is 2.26 bits per heavy atom. The number of thiophene rings is 1. The van der Waals surface area contributed by atoms with E-state index in [-0.39, 0.29) is 5.96 Å². The molecule has 1 fully saturated rings. The smallest absolute Gasteiger partial charge is 0.201 e. The highest BCUT2D eigenvalue weighted by atomic mass is 35.5. The molecule has 4 heterocycles. The number of nitrogens with zero attached hydrogens (tertiary/aromatic N) is 3. The number of hydrogen-bond donors (Lipinski definition) is 2. The SMILES string of the molecule is NC1=N[C@@]2(c3sc(-c4cncnc4)cc3Cl)CCOC2S(=O)N1. The first-order valence-corrected chi connectivity index (χ1v) is 9.20. The van der Waals surface area contributed by atoms with Crippen LogP contribution in [0.25, 0.3) is 10.4 Å². The van der Waals surface area contributed by atoms with Crippen LogP contribution in [0, 0.1) is 0 Å². The van der Waals surface area contributed by atoms with Gasteiger partial charge in [-0.25, -0.2) is 19.2 Å². The topological polar surface area (TPSA) is 102 Å². The molecule has 23 heavy (non-hydrogen) atoms. The Balaban J connectivity index is 1.85. The van der Waals surface area contributed by atoms with Crippen molar-refractivity contribution in [2.75, 3.05) is 6.61 Å². The van der Waals surface area contributed by atoms with Gasteiger partial charge >= 0.3 is 0 Å². The van der Waals surface area contributed by atoms with Crippen LogP contribution in [0.2, 0.25) is 5.02 Å². The molecular formula is C13H12ClN5O2S2. The first-order chi connectivity index (χ1) is 11.1. The van der Waals surface area contributed by atoms with E-state index in [0.29, 0.717) is 18.1 Å². The predicted octanol–water partition coefficient (Wildman–Crippen LogP) is 1.38. The standard InChI is InChI=1S/C13H12ClN5O2S2/c14-8-3-9(7-4-16-6-17-5-7)22-10(8)13-1-2-21-11(13)23(20)19-12(15)18-13/h3-6,11H,1-2H2,(H3,15,18,19)/t11?,13-,23?/m1/s1. The van der Waals surface area contributed by atoms with Gasteiger partial charge in [0, 0.05) is 29.3 Å². The predicted molar refractivity (Wildman–Crippen MR) is 89.3 cm³/mol. The van der Waals surface area contributed by atoms with Gasteiger partial charge in [-0.2, -0.15) is 0 Å². The molecule has 0 bridgehead atoms. The fraction of sp³-hybridized carbons (Fsp3) is 0.308. The minimum Gasteiger partial charge on any atom is -0.369 e. The van der Waals surface area contributed by atoms with E-state index in [4.69, 9.17) is 22.1 Å². The lowest BCUT2D eigenvalue weighted by Crippen LogP contribution is -2.51. The Morgan fingerprint density at radius 3 is 3.04 bits per heavy atom. The molecule has 0 saturated carbocycles. The largest absolute Gasteiger partial charge is 0.369 e. The quantitative estimate of drug-likeness (QED) is 0.832. The number of nitrogens with one attached hydrogen (secondary N) is 1. The van der Waals surface area contributed by atoms with Crippen LogP contribution in [0.15, 0.2) is 29.8 Å². The molecule has 0 aromatic carbocycles. The molecule has 0 radical (unpaired) electrons. The Hall–Kier alpha value is -1.55. The van der Waals surface area contributed by atoms with E-state index >= 15 is 0 Å². The third kappa shape index (κ3) is 2.35. The van der Waals surface area contributed by atoms with E-state index in [1.165, 1.54) is 17.7 Å². The summed E-state index contributed by atoms with van der Waals surface area (Å²) < 4.78 is 20.6. The fourth-order valence-corrected chi connectivity index (χ4v) is 5.78.